The molecular weight excluding hydrogens is 156 g/mol. The van der Waals surface area contributed by atoms with E-state index in [0.29, 0.717) is 18.6 Å². The Balaban J connectivity index is 1.79. The quantitative estimate of drug-likeness (QED) is 0.712. The average molecular weight is 168 g/mol. The SMILES string of the molecule is Cc1cnc(COC2CNC2)o1. The Bertz CT molecular complexity index is 255. The van der Waals surface area contributed by atoms with E-state index in [4.69, 9.17) is 9.15 Å². The van der Waals surface area contributed by atoms with E-state index in [2.05, 4.69) is 10.3 Å². The summed E-state index contributed by atoms with van der Waals surface area (Å²) >= 11 is 0. The van der Waals surface area contributed by atoms with E-state index < -0.39 is 0 Å². The third-order valence-corrected chi connectivity index (χ3v) is 1.86. The van der Waals surface area contributed by atoms with Gasteiger partial charge in [0, 0.05) is 13.1 Å². The summed E-state index contributed by atoms with van der Waals surface area (Å²) in [7, 11) is 0. The Kier molecular flexibility index (Phi) is 2.10. The minimum absolute atomic E-state index is 0.345. The summed E-state index contributed by atoms with van der Waals surface area (Å²) in [6, 6.07) is 0. The molecule has 0 saturated carbocycles. The molecule has 1 fully saturated rings. The van der Waals surface area contributed by atoms with Gasteiger partial charge in [0.2, 0.25) is 5.89 Å². The predicted molar refractivity (Wildman–Crippen MR) is 42.7 cm³/mol. The van der Waals surface area contributed by atoms with Gasteiger partial charge in [-0.25, -0.2) is 4.98 Å². The van der Waals surface area contributed by atoms with Crippen LogP contribution in [0.1, 0.15) is 11.7 Å². The fourth-order valence-corrected chi connectivity index (χ4v) is 1.04. The normalized spacial score (nSPS) is 17.8. The number of ether oxygens (including phenoxy) is 1. The van der Waals surface area contributed by atoms with Gasteiger partial charge in [0.15, 0.2) is 0 Å². The Morgan fingerprint density at radius 1 is 1.75 bits per heavy atom. The number of aryl methyl sites for hydroxylation is 1. The summed E-state index contributed by atoms with van der Waals surface area (Å²) in [4.78, 5) is 4.03. The molecule has 0 aromatic carbocycles. The molecule has 1 N–H and O–H groups in total. The lowest BCUT2D eigenvalue weighted by atomic mass is 10.2. The van der Waals surface area contributed by atoms with Crippen molar-refractivity contribution in [2.75, 3.05) is 13.1 Å². The molecule has 0 atom stereocenters. The van der Waals surface area contributed by atoms with Crippen LogP contribution in [0.25, 0.3) is 0 Å². The van der Waals surface area contributed by atoms with Crippen molar-refractivity contribution in [1.29, 1.82) is 0 Å². The molecule has 4 heteroatoms. The number of hydrogen-bond acceptors (Lipinski definition) is 4. The van der Waals surface area contributed by atoms with Crippen molar-refractivity contribution < 1.29 is 9.15 Å². The summed E-state index contributed by atoms with van der Waals surface area (Å²) in [5.74, 6) is 1.50. The van der Waals surface area contributed by atoms with E-state index in [9.17, 15) is 0 Å². The molecule has 0 spiro atoms. The van der Waals surface area contributed by atoms with Crippen molar-refractivity contribution in [3.8, 4) is 0 Å². The van der Waals surface area contributed by atoms with Crippen molar-refractivity contribution in [3.63, 3.8) is 0 Å². The largest absolute Gasteiger partial charge is 0.443 e. The number of nitrogens with zero attached hydrogens (tertiary/aromatic N) is 1. The smallest absolute Gasteiger partial charge is 0.220 e. The molecule has 1 aromatic rings. The molecule has 0 unspecified atom stereocenters. The number of rotatable bonds is 3. The van der Waals surface area contributed by atoms with Crippen LogP contribution in [0.4, 0.5) is 0 Å². The van der Waals surface area contributed by atoms with Gasteiger partial charge in [-0.1, -0.05) is 0 Å². The van der Waals surface area contributed by atoms with E-state index in [1.54, 1.807) is 6.20 Å². The summed E-state index contributed by atoms with van der Waals surface area (Å²) in [6.07, 6.45) is 2.05. The lowest BCUT2D eigenvalue weighted by molar-refractivity contribution is -0.00232. The van der Waals surface area contributed by atoms with Gasteiger partial charge in [0.25, 0.3) is 0 Å². The van der Waals surface area contributed by atoms with Crippen molar-refractivity contribution in [3.05, 3.63) is 17.8 Å². The van der Waals surface area contributed by atoms with E-state index >= 15 is 0 Å². The van der Waals surface area contributed by atoms with Gasteiger partial charge in [-0.15, -0.1) is 0 Å². The van der Waals surface area contributed by atoms with Crippen LogP contribution in [0, 0.1) is 6.92 Å². The molecule has 0 radical (unpaired) electrons. The third kappa shape index (κ3) is 1.65. The Labute approximate surface area is 70.9 Å². The second-order valence-electron chi connectivity index (χ2n) is 2.96. The first-order chi connectivity index (χ1) is 5.84. The predicted octanol–water partition coefficient (Wildman–Crippen LogP) is 0.471. The zero-order chi connectivity index (χ0) is 8.39. The summed E-state index contributed by atoms with van der Waals surface area (Å²) in [6.45, 7) is 4.25. The molecule has 12 heavy (non-hydrogen) atoms. The number of oxazole rings is 1. The highest BCUT2D eigenvalue weighted by Gasteiger charge is 2.17. The van der Waals surface area contributed by atoms with Crippen molar-refractivity contribution >= 4 is 0 Å². The fraction of sp³-hybridized carbons (Fsp3) is 0.625. The highest BCUT2D eigenvalue weighted by molar-refractivity contribution is 4.89. The zero-order valence-electron chi connectivity index (χ0n) is 7.04. The molecule has 0 aliphatic carbocycles. The van der Waals surface area contributed by atoms with Gasteiger partial charge in [-0.3, -0.25) is 0 Å². The van der Waals surface area contributed by atoms with Crippen LogP contribution in [-0.4, -0.2) is 24.2 Å². The first kappa shape index (κ1) is 7.76. The van der Waals surface area contributed by atoms with E-state index in [-0.39, 0.29) is 0 Å². The van der Waals surface area contributed by atoms with E-state index in [1.807, 2.05) is 6.92 Å². The van der Waals surface area contributed by atoms with Crippen LogP contribution in [0.5, 0.6) is 0 Å². The van der Waals surface area contributed by atoms with Gasteiger partial charge < -0.3 is 14.5 Å². The van der Waals surface area contributed by atoms with Crippen LogP contribution in [0.3, 0.4) is 0 Å². The summed E-state index contributed by atoms with van der Waals surface area (Å²) < 4.78 is 10.7. The molecule has 1 aromatic heterocycles. The molecule has 4 nitrogen and oxygen atoms in total. The molecule has 2 rings (SSSR count). The minimum Gasteiger partial charge on any atom is -0.443 e. The topological polar surface area (TPSA) is 47.3 Å². The first-order valence-electron chi connectivity index (χ1n) is 4.08. The molecule has 1 saturated heterocycles. The Hall–Kier alpha value is -0.870. The monoisotopic (exact) mass is 168 g/mol. The third-order valence-electron chi connectivity index (χ3n) is 1.86. The minimum atomic E-state index is 0.345. The maximum atomic E-state index is 5.46. The highest BCUT2D eigenvalue weighted by Crippen LogP contribution is 2.06. The highest BCUT2D eigenvalue weighted by atomic mass is 16.5. The van der Waals surface area contributed by atoms with Crippen LogP contribution in [-0.2, 0) is 11.3 Å². The average Bonchev–Trinajstić information content (AvgIpc) is 2.32. The lowest BCUT2D eigenvalue weighted by Gasteiger charge is -2.26. The van der Waals surface area contributed by atoms with Gasteiger partial charge >= 0.3 is 0 Å². The second-order valence-corrected chi connectivity index (χ2v) is 2.96. The number of aromatic nitrogens is 1. The molecule has 0 amide bonds. The van der Waals surface area contributed by atoms with Gasteiger partial charge in [-0.05, 0) is 6.92 Å². The van der Waals surface area contributed by atoms with Crippen LogP contribution in [0.15, 0.2) is 10.6 Å². The maximum absolute atomic E-state index is 5.46. The van der Waals surface area contributed by atoms with Crippen molar-refractivity contribution in [1.82, 2.24) is 10.3 Å². The van der Waals surface area contributed by atoms with Crippen LogP contribution in [0.2, 0.25) is 0 Å². The standard InChI is InChI=1S/C8H12N2O2/c1-6-2-10-8(12-6)5-11-7-3-9-4-7/h2,7,9H,3-5H2,1H3. The van der Waals surface area contributed by atoms with Gasteiger partial charge in [0.05, 0.1) is 12.3 Å². The van der Waals surface area contributed by atoms with E-state index in [1.165, 1.54) is 0 Å². The van der Waals surface area contributed by atoms with Gasteiger partial charge in [0.1, 0.15) is 12.4 Å². The molecule has 2 heterocycles. The molecular formula is C8H12N2O2. The van der Waals surface area contributed by atoms with Crippen LogP contribution < -0.4 is 5.32 Å². The van der Waals surface area contributed by atoms with E-state index in [0.717, 1.165) is 18.8 Å². The summed E-state index contributed by atoms with van der Waals surface area (Å²) in [5, 5.41) is 3.13. The Morgan fingerprint density at radius 3 is 3.08 bits per heavy atom. The first-order valence-corrected chi connectivity index (χ1v) is 4.08. The zero-order valence-corrected chi connectivity index (χ0v) is 7.04. The number of hydrogen-bond donors (Lipinski definition) is 1. The molecule has 66 valence electrons. The van der Waals surface area contributed by atoms with Crippen molar-refractivity contribution in [2.24, 2.45) is 0 Å². The maximum Gasteiger partial charge on any atom is 0.220 e. The second kappa shape index (κ2) is 3.25. The molecule has 1 aliphatic heterocycles. The Morgan fingerprint density at radius 2 is 2.58 bits per heavy atom. The lowest BCUT2D eigenvalue weighted by Crippen LogP contribution is -2.48. The van der Waals surface area contributed by atoms with Gasteiger partial charge in [-0.2, -0.15) is 0 Å². The molecule has 0 bridgehead atoms. The number of nitrogens with one attached hydrogen (secondary N) is 1. The summed E-state index contributed by atoms with van der Waals surface area (Å²) in [5.41, 5.74) is 0. The van der Waals surface area contributed by atoms with Crippen molar-refractivity contribution in [2.45, 2.75) is 19.6 Å². The fourth-order valence-electron chi connectivity index (χ4n) is 1.04. The van der Waals surface area contributed by atoms with Crippen LogP contribution >= 0.6 is 0 Å². The molecule has 1 aliphatic rings.